The van der Waals surface area contributed by atoms with Gasteiger partial charge in [0.1, 0.15) is 17.1 Å². The Morgan fingerprint density at radius 2 is 1.96 bits per heavy atom. The SMILES string of the molecule is COc1ccc(CNC(=O)C2CC2c2ccc(F)cc2)cc1C(=O)O. The van der Waals surface area contributed by atoms with Crippen molar-refractivity contribution in [3.8, 4) is 5.75 Å². The molecule has 0 aliphatic heterocycles. The van der Waals surface area contributed by atoms with Gasteiger partial charge >= 0.3 is 5.97 Å². The molecule has 2 atom stereocenters. The molecule has 1 amide bonds. The first kappa shape index (κ1) is 17.0. The Hall–Kier alpha value is -2.89. The van der Waals surface area contributed by atoms with Crippen molar-refractivity contribution in [1.29, 1.82) is 0 Å². The third kappa shape index (κ3) is 3.79. The van der Waals surface area contributed by atoms with Crippen molar-refractivity contribution in [1.82, 2.24) is 5.32 Å². The molecule has 0 spiro atoms. The van der Waals surface area contributed by atoms with Gasteiger partial charge in [-0.05, 0) is 47.7 Å². The molecule has 0 radical (unpaired) electrons. The van der Waals surface area contributed by atoms with Crippen LogP contribution in [0, 0.1) is 11.7 Å². The first-order valence-electron chi connectivity index (χ1n) is 7.93. The number of rotatable bonds is 6. The first-order chi connectivity index (χ1) is 12.0. The number of aromatic carboxylic acids is 1. The second-order valence-corrected chi connectivity index (χ2v) is 6.06. The molecule has 2 aromatic carbocycles. The van der Waals surface area contributed by atoms with Crippen LogP contribution >= 0.6 is 0 Å². The van der Waals surface area contributed by atoms with E-state index in [1.165, 1.54) is 25.3 Å². The molecule has 2 aromatic rings. The number of carboxylic acids is 1. The fourth-order valence-corrected chi connectivity index (χ4v) is 2.92. The number of carbonyl (C=O) groups excluding carboxylic acids is 1. The van der Waals surface area contributed by atoms with Gasteiger partial charge in [0.25, 0.3) is 0 Å². The number of ether oxygens (including phenoxy) is 1. The second-order valence-electron chi connectivity index (χ2n) is 6.06. The van der Waals surface area contributed by atoms with Crippen LogP contribution in [0.5, 0.6) is 5.75 Å². The molecule has 0 bridgehead atoms. The van der Waals surface area contributed by atoms with E-state index in [1.54, 1.807) is 24.3 Å². The van der Waals surface area contributed by atoms with Crippen molar-refractivity contribution in [2.45, 2.75) is 18.9 Å². The molecular formula is C19H18FNO4. The lowest BCUT2D eigenvalue weighted by atomic mass is 10.1. The van der Waals surface area contributed by atoms with Crippen molar-refractivity contribution in [2.75, 3.05) is 7.11 Å². The molecule has 0 aromatic heterocycles. The molecule has 1 aliphatic rings. The Labute approximate surface area is 144 Å². The number of methoxy groups -OCH3 is 1. The minimum atomic E-state index is -1.08. The highest BCUT2D eigenvalue weighted by atomic mass is 19.1. The van der Waals surface area contributed by atoms with Crippen LogP contribution in [0.4, 0.5) is 4.39 Å². The summed E-state index contributed by atoms with van der Waals surface area (Å²) < 4.78 is 18.0. The Balaban J connectivity index is 1.59. The lowest BCUT2D eigenvalue weighted by molar-refractivity contribution is -0.122. The minimum Gasteiger partial charge on any atom is -0.496 e. The van der Waals surface area contributed by atoms with E-state index in [0.29, 0.717) is 5.56 Å². The topological polar surface area (TPSA) is 75.6 Å². The van der Waals surface area contributed by atoms with Gasteiger partial charge in [0.2, 0.25) is 5.91 Å². The summed E-state index contributed by atoms with van der Waals surface area (Å²) in [6.45, 7) is 0.246. The van der Waals surface area contributed by atoms with Crippen molar-refractivity contribution in [2.24, 2.45) is 5.92 Å². The van der Waals surface area contributed by atoms with E-state index in [-0.39, 0.29) is 41.4 Å². The molecule has 130 valence electrons. The van der Waals surface area contributed by atoms with E-state index >= 15 is 0 Å². The van der Waals surface area contributed by atoms with Gasteiger partial charge in [-0.2, -0.15) is 0 Å². The van der Waals surface area contributed by atoms with Crippen LogP contribution in [0.25, 0.3) is 0 Å². The van der Waals surface area contributed by atoms with Crippen LogP contribution in [0.3, 0.4) is 0 Å². The predicted octanol–water partition coefficient (Wildman–Crippen LogP) is 2.95. The summed E-state index contributed by atoms with van der Waals surface area (Å²) in [5.41, 5.74) is 1.70. The van der Waals surface area contributed by atoms with Crippen molar-refractivity contribution >= 4 is 11.9 Å². The largest absolute Gasteiger partial charge is 0.496 e. The van der Waals surface area contributed by atoms with Crippen molar-refractivity contribution in [3.63, 3.8) is 0 Å². The lowest BCUT2D eigenvalue weighted by Crippen LogP contribution is -2.25. The summed E-state index contributed by atoms with van der Waals surface area (Å²) in [6, 6.07) is 11.0. The standard InChI is InChI=1S/C19H18FNO4/c1-25-17-7-2-11(8-16(17)19(23)24)10-21-18(22)15-9-14(15)12-3-5-13(20)6-4-12/h2-8,14-15H,9-10H2,1H3,(H,21,22)(H,23,24). The van der Waals surface area contributed by atoms with Crippen LogP contribution in [-0.4, -0.2) is 24.1 Å². The van der Waals surface area contributed by atoms with E-state index in [9.17, 15) is 19.1 Å². The zero-order valence-electron chi connectivity index (χ0n) is 13.7. The number of halogens is 1. The maximum atomic E-state index is 12.9. The summed E-state index contributed by atoms with van der Waals surface area (Å²) >= 11 is 0. The molecule has 3 rings (SSSR count). The van der Waals surface area contributed by atoms with Gasteiger partial charge in [-0.1, -0.05) is 18.2 Å². The highest BCUT2D eigenvalue weighted by Gasteiger charge is 2.43. The van der Waals surface area contributed by atoms with E-state index < -0.39 is 5.97 Å². The Kier molecular flexibility index (Phi) is 4.70. The fourth-order valence-electron chi connectivity index (χ4n) is 2.92. The molecule has 2 N–H and O–H groups in total. The molecule has 5 nitrogen and oxygen atoms in total. The van der Waals surface area contributed by atoms with Gasteiger partial charge in [-0.3, -0.25) is 4.79 Å². The Morgan fingerprint density at radius 1 is 1.24 bits per heavy atom. The molecule has 2 unspecified atom stereocenters. The van der Waals surface area contributed by atoms with Crippen molar-refractivity contribution < 1.29 is 23.8 Å². The second kappa shape index (κ2) is 6.93. The molecule has 0 heterocycles. The molecule has 0 saturated heterocycles. The number of amides is 1. The van der Waals surface area contributed by atoms with Gasteiger partial charge < -0.3 is 15.2 Å². The monoisotopic (exact) mass is 343 g/mol. The quantitative estimate of drug-likeness (QED) is 0.845. The van der Waals surface area contributed by atoms with Crippen molar-refractivity contribution in [3.05, 3.63) is 65.0 Å². The number of hydrogen-bond donors (Lipinski definition) is 2. The Bertz CT molecular complexity index is 804. The first-order valence-corrected chi connectivity index (χ1v) is 7.93. The molecule has 1 aliphatic carbocycles. The van der Waals surface area contributed by atoms with E-state index in [1.807, 2.05) is 0 Å². The number of nitrogens with one attached hydrogen (secondary N) is 1. The van der Waals surface area contributed by atoms with Crippen LogP contribution in [-0.2, 0) is 11.3 Å². The maximum Gasteiger partial charge on any atom is 0.339 e. The zero-order valence-corrected chi connectivity index (χ0v) is 13.7. The minimum absolute atomic E-state index is 0.0601. The van der Waals surface area contributed by atoms with Gasteiger partial charge in [-0.15, -0.1) is 0 Å². The van der Waals surface area contributed by atoms with Crippen LogP contribution in [0.1, 0.15) is 33.8 Å². The predicted molar refractivity (Wildman–Crippen MR) is 89.0 cm³/mol. The lowest BCUT2D eigenvalue weighted by Gasteiger charge is -2.09. The van der Waals surface area contributed by atoms with Crippen LogP contribution in [0.2, 0.25) is 0 Å². The zero-order chi connectivity index (χ0) is 18.0. The van der Waals surface area contributed by atoms with E-state index in [2.05, 4.69) is 5.32 Å². The van der Waals surface area contributed by atoms with Gasteiger partial charge in [0.05, 0.1) is 7.11 Å². The van der Waals surface area contributed by atoms with Gasteiger partial charge in [0.15, 0.2) is 0 Å². The number of carbonyl (C=O) groups is 2. The van der Waals surface area contributed by atoms with Crippen LogP contribution in [0.15, 0.2) is 42.5 Å². The molecule has 1 fully saturated rings. The van der Waals surface area contributed by atoms with E-state index in [0.717, 1.165) is 12.0 Å². The third-order valence-corrected chi connectivity index (χ3v) is 4.39. The van der Waals surface area contributed by atoms with Gasteiger partial charge in [0, 0.05) is 12.5 Å². The number of benzene rings is 2. The highest BCUT2D eigenvalue weighted by molar-refractivity contribution is 5.91. The summed E-state index contributed by atoms with van der Waals surface area (Å²) in [5, 5.41) is 12.0. The smallest absolute Gasteiger partial charge is 0.339 e. The molecule has 25 heavy (non-hydrogen) atoms. The fraction of sp³-hybridized carbons (Fsp3) is 0.263. The highest BCUT2D eigenvalue weighted by Crippen LogP contribution is 2.47. The third-order valence-electron chi connectivity index (χ3n) is 4.39. The summed E-state index contributed by atoms with van der Waals surface area (Å²) in [6.07, 6.45) is 0.737. The summed E-state index contributed by atoms with van der Waals surface area (Å²) in [4.78, 5) is 23.5. The Morgan fingerprint density at radius 3 is 2.60 bits per heavy atom. The number of hydrogen-bond acceptors (Lipinski definition) is 3. The molecule has 1 saturated carbocycles. The van der Waals surface area contributed by atoms with Crippen LogP contribution < -0.4 is 10.1 Å². The van der Waals surface area contributed by atoms with Gasteiger partial charge in [-0.25, -0.2) is 9.18 Å². The summed E-state index contributed by atoms with van der Waals surface area (Å²) in [7, 11) is 1.41. The van der Waals surface area contributed by atoms with E-state index in [4.69, 9.17) is 4.74 Å². The average Bonchev–Trinajstić information content (AvgIpc) is 3.40. The average molecular weight is 343 g/mol. The normalized spacial score (nSPS) is 18.5. The number of carboxylic acid groups (broad SMARTS) is 1. The molecule has 6 heteroatoms. The maximum absolute atomic E-state index is 12.9. The molecular weight excluding hydrogens is 325 g/mol. The summed E-state index contributed by atoms with van der Waals surface area (Å²) in [5.74, 6) is -1.18.